The molecule has 0 radical (unpaired) electrons. The van der Waals surface area contributed by atoms with Gasteiger partial charge in [-0.2, -0.15) is 0 Å². The Morgan fingerprint density at radius 1 is 1.30 bits per heavy atom. The number of methoxy groups -OCH3 is 1. The van der Waals surface area contributed by atoms with E-state index in [4.69, 9.17) is 4.74 Å². The monoisotopic (exact) mass is 270 g/mol. The highest BCUT2D eigenvalue weighted by molar-refractivity contribution is 5.87. The number of fused-ring (bicyclic) bond motifs is 1. The number of carbonyl (C=O) groups is 1. The van der Waals surface area contributed by atoms with Crippen LogP contribution in [0.3, 0.4) is 0 Å². The third-order valence-corrected chi connectivity index (χ3v) is 3.63. The summed E-state index contributed by atoms with van der Waals surface area (Å²) in [6, 6.07) is 13.4. The van der Waals surface area contributed by atoms with Gasteiger partial charge in [-0.25, -0.2) is 0 Å². The Morgan fingerprint density at radius 2 is 1.95 bits per heavy atom. The zero-order chi connectivity index (χ0) is 14.8. The summed E-state index contributed by atoms with van der Waals surface area (Å²) in [5.74, 6) is -1.32. The van der Waals surface area contributed by atoms with E-state index in [0.29, 0.717) is 5.56 Å². The number of esters is 1. The van der Waals surface area contributed by atoms with Crippen LogP contribution in [0.4, 0.5) is 0 Å². The second-order valence-corrected chi connectivity index (χ2v) is 4.91. The van der Waals surface area contributed by atoms with E-state index in [0.717, 1.165) is 10.8 Å². The average Bonchev–Trinajstić information content (AvgIpc) is 2.46. The second-order valence-electron chi connectivity index (χ2n) is 4.91. The molecule has 2 rings (SSSR count). The summed E-state index contributed by atoms with van der Waals surface area (Å²) in [6.45, 7) is 5.25. The van der Waals surface area contributed by atoms with Gasteiger partial charge >= 0.3 is 5.97 Å². The number of aliphatic hydroxyl groups is 1. The molecule has 0 spiro atoms. The molecule has 20 heavy (non-hydrogen) atoms. The predicted molar refractivity (Wildman–Crippen MR) is 79.2 cm³/mol. The van der Waals surface area contributed by atoms with Crippen LogP contribution in [-0.4, -0.2) is 18.2 Å². The van der Waals surface area contributed by atoms with Crippen LogP contribution < -0.4 is 0 Å². The van der Waals surface area contributed by atoms with Crippen molar-refractivity contribution in [2.75, 3.05) is 7.11 Å². The van der Waals surface area contributed by atoms with Crippen molar-refractivity contribution in [3.05, 3.63) is 60.7 Å². The van der Waals surface area contributed by atoms with Crippen LogP contribution in [0.1, 0.15) is 12.5 Å². The minimum absolute atomic E-state index is 0.502. The molecule has 0 amide bonds. The first kappa shape index (κ1) is 14.3. The maximum absolute atomic E-state index is 11.8. The van der Waals surface area contributed by atoms with Crippen LogP contribution in [0.25, 0.3) is 10.8 Å². The van der Waals surface area contributed by atoms with E-state index >= 15 is 0 Å². The summed E-state index contributed by atoms with van der Waals surface area (Å²) in [6.07, 6.45) is 1.42. The zero-order valence-corrected chi connectivity index (χ0v) is 11.7. The summed E-state index contributed by atoms with van der Waals surface area (Å²) in [4.78, 5) is 11.8. The number of hydrogen-bond acceptors (Lipinski definition) is 3. The molecule has 2 aromatic rings. The Morgan fingerprint density at radius 3 is 2.60 bits per heavy atom. The maximum Gasteiger partial charge on any atom is 0.315 e. The fraction of sp³-hybridized carbons (Fsp3) is 0.235. The van der Waals surface area contributed by atoms with Crippen LogP contribution in [-0.2, 0) is 15.1 Å². The van der Waals surface area contributed by atoms with Gasteiger partial charge < -0.3 is 9.84 Å². The Labute approximate surface area is 118 Å². The highest BCUT2D eigenvalue weighted by Gasteiger charge is 2.38. The molecule has 104 valence electrons. The molecule has 3 heteroatoms. The SMILES string of the molecule is C=C[C@@H](C(=O)OC)[C@@](C)(O)c1cccc2ccccc12. The van der Waals surface area contributed by atoms with Gasteiger partial charge in [-0.1, -0.05) is 48.5 Å². The van der Waals surface area contributed by atoms with Gasteiger partial charge in [0.05, 0.1) is 7.11 Å². The summed E-state index contributed by atoms with van der Waals surface area (Å²) in [5, 5.41) is 12.8. The van der Waals surface area contributed by atoms with Gasteiger partial charge in [-0.3, -0.25) is 4.79 Å². The van der Waals surface area contributed by atoms with E-state index in [9.17, 15) is 9.90 Å². The Kier molecular flexibility index (Phi) is 3.91. The van der Waals surface area contributed by atoms with E-state index in [1.807, 2.05) is 42.5 Å². The first-order chi connectivity index (χ1) is 9.52. The minimum Gasteiger partial charge on any atom is -0.468 e. The number of carbonyl (C=O) groups excluding carboxylic acids is 1. The van der Waals surface area contributed by atoms with Crippen LogP contribution in [0.5, 0.6) is 0 Å². The summed E-state index contributed by atoms with van der Waals surface area (Å²) in [7, 11) is 1.30. The average molecular weight is 270 g/mol. The van der Waals surface area contributed by atoms with Crippen LogP contribution in [0.2, 0.25) is 0 Å². The van der Waals surface area contributed by atoms with Crippen molar-refractivity contribution in [2.24, 2.45) is 5.92 Å². The van der Waals surface area contributed by atoms with Gasteiger partial charge in [-0.05, 0) is 23.3 Å². The molecule has 0 fully saturated rings. The number of hydrogen-bond donors (Lipinski definition) is 1. The zero-order valence-electron chi connectivity index (χ0n) is 11.7. The number of rotatable bonds is 4. The Balaban J connectivity index is 2.61. The van der Waals surface area contributed by atoms with E-state index in [-0.39, 0.29) is 0 Å². The van der Waals surface area contributed by atoms with E-state index in [2.05, 4.69) is 6.58 Å². The highest BCUT2D eigenvalue weighted by Crippen LogP contribution is 2.35. The van der Waals surface area contributed by atoms with E-state index in [1.165, 1.54) is 13.2 Å². The van der Waals surface area contributed by atoms with Gasteiger partial charge in [0, 0.05) is 0 Å². The quantitative estimate of drug-likeness (QED) is 0.686. The normalized spacial score (nSPS) is 15.3. The van der Waals surface area contributed by atoms with Crippen molar-refractivity contribution >= 4 is 16.7 Å². The van der Waals surface area contributed by atoms with Gasteiger partial charge in [0.15, 0.2) is 0 Å². The molecule has 0 bridgehead atoms. The molecule has 2 aromatic carbocycles. The standard InChI is InChI=1S/C17H18O3/c1-4-14(16(18)20-3)17(2,19)15-11-7-9-12-8-5-6-10-13(12)15/h4-11,14,19H,1H2,2-3H3/t14-,17+/m0/s1. The first-order valence-electron chi connectivity index (χ1n) is 6.43. The lowest BCUT2D eigenvalue weighted by Gasteiger charge is -2.30. The maximum atomic E-state index is 11.8. The molecule has 0 saturated heterocycles. The largest absolute Gasteiger partial charge is 0.468 e. The smallest absolute Gasteiger partial charge is 0.315 e. The van der Waals surface area contributed by atoms with E-state index < -0.39 is 17.5 Å². The molecule has 0 aromatic heterocycles. The molecule has 0 aliphatic carbocycles. The molecular formula is C17H18O3. The van der Waals surface area contributed by atoms with Crippen molar-refractivity contribution in [3.8, 4) is 0 Å². The van der Waals surface area contributed by atoms with Crippen LogP contribution in [0.15, 0.2) is 55.1 Å². The molecule has 3 nitrogen and oxygen atoms in total. The fourth-order valence-electron chi connectivity index (χ4n) is 2.52. The van der Waals surface area contributed by atoms with Gasteiger partial charge in [-0.15, -0.1) is 6.58 Å². The second kappa shape index (κ2) is 5.47. The third kappa shape index (κ3) is 2.32. The topological polar surface area (TPSA) is 46.5 Å². The molecule has 0 saturated carbocycles. The van der Waals surface area contributed by atoms with Crippen LogP contribution >= 0.6 is 0 Å². The Bertz CT molecular complexity index is 638. The molecule has 0 heterocycles. The van der Waals surface area contributed by atoms with E-state index in [1.54, 1.807) is 6.92 Å². The van der Waals surface area contributed by atoms with Crippen molar-refractivity contribution in [3.63, 3.8) is 0 Å². The van der Waals surface area contributed by atoms with Gasteiger partial charge in [0.1, 0.15) is 11.5 Å². The fourth-order valence-corrected chi connectivity index (χ4v) is 2.52. The minimum atomic E-state index is -1.38. The predicted octanol–water partition coefficient (Wildman–Crippen LogP) is 3.02. The molecular weight excluding hydrogens is 252 g/mol. The molecule has 1 N–H and O–H groups in total. The Hall–Kier alpha value is -2.13. The van der Waals surface area contributed by atoms with Gasteiger partial charge in [0.25, 0.3) is 0 Å². The first-order valence-corrected chi connectivity index (χ1v) is 6.43. The summed E-state index contributed by atoms with van der Waals surface area (Å²) < 4.78 is 4.75. The van der Waals surface area contributed by atoms with Crippen molar-refractivity contribution in [1.82, 2.24) is 0 Å². The highest BCUT2D eigenvalue weighted by atomic mass is 16.5. The third-order valence-electron chi connectivity index (χ3n) is 3.63. The summed E-state index contributed by atoms with van der Waals surface area (Å²) in [5.41, 5.74) is -0.693. The van der Waals surface area contributed by atoms with Crippen LogP contribution in [0, 0.1) is 5.92 Å². The lowest BCUT2D eigenvalue weighted by atomic mass is 9.80. The molecule has 0 unspecified atom stereocenters. The van der Waals surface area contributed by atoms with Gasteiger partial charge in [0.2, 0.25) is 0 Å². The van der Waals surface area contributed by atoms with Crippen molar-refractivity contribution in [1.29, 1.82) is 0 Å². The number of ether oxygens (including phenoxy) is 1. The number of benzene rings is 2. The molecule has 2 atom stereocenters. The molecule has 0 aliphatic heterocycles. The lowest BCUT2D eigenvalue weighted by molar-refractivity contribution is -0.151. The molecule has 0 aliphatic rings. The van der Waals surface area contributed by atoms with Crippen molar-refractivity contribution in [2.45, 2.75) is 12.5 Å². The lowest BCUT2D eigenvalue weighted by Crippen LogP contribution is -2.36. The van der Waals surface area contributed by atoms with Crippen molar-refractivity contribution < 1.29 is 14.6 Å². The summed E-state index contributed by atoms with van der Waals surface area (Å²) >= 11 is 0.